The molecule has 3 aromatic carbocycles. The normalized spacial score (nSPS) is 22.8. The summed E-state index contributed by atoms with van der Waals surface area (Å²) in [6.45, 7) is 2.56. The second kappa shape index (κ2) is 15.6. The summed E-state index contributed by atoms with van der Waals surface area (Å²) in [5.74, 6) is 0.339. The predicted molar refractivity (Wildman–Crippen MR) is 206 cm³/mol. The molecule has 51 heavy (non-hydrogen) atoms. The van der Waals surface area contributed by atoms with E-state index in [2.05, 4.69) is 83.1 Å². The number of carbonyl (C=O) groups excluding carboxylic acids is 3. The summed E-state index contributed by atoms with van der Waals surface area (Å²) in [5.41, 5.74) is 3.30. The van der Waals surface area contributed by atoms with Crippen molar-refractivity contribution in [2.75, 3.05) is 18.1 Å². The largest absolute Gasteiger partial charge is 0.456 e. The summed E-state index contributed by atoms with van der Waals surface area (Å²) in [6, 6.07) is 31.0. The molecular formula is C40H40N4O4S3. The lowest BCUT2D eigenvalue weighted by Gasteiger charge is -2.35. The van der Waals surface area contributed by atoms with Gasteiger partial charge in [-0.1, -0.05) is 97.1 Å². The molecule has 0 unspecified atom stereocenters. The number of benzene rings is 3. The highest BCUT2D eigenvalue weighted by Crippen LogP contribution is 2.48. The van der Waals surface area contributed by atoms with Gasteiger partial charge in [-0.15, -0.1) is 34.9 Å². The van der Waals surface area contributed by atoms with Gasteiger partial charge in [-0.3, -0.25) is 14.6 Å². The summed E-state index contributed by atoms with van der Waals surface area (Å²) in [6.07, 6.45) is 4.90. The molecule has 11 heteroatoms. The van der Waals surface area contributed by atoms with Gasteiger partial charge in [0.15, 0.2) is 0 Å². The van der Waals surface area contributed by atoms with Crippen LogP contribution in [0.25, 0.3) is 0 Å². The quantitative estimate of drug-likeness (QED) is 0.0901. The molecule has 7 rings (SSSR count). The van der Waals surface area contributed by atoms with E-state index in [-0.39, 0.29) is 24.8 Å². The summed E-state index contributed by atoms with van der Waals surface area (Å²) in [5, 5.41) is 6.32. The van der Waals surface area contributed by atoms with E-state index < -0.39 is 28.4 Å². The predicted octanol–water partition coefficient (Wildman–Crippen LogP) is 6.99. The van der Waals surface area contributed by atoms with Gasteiger partial charge in [0.1, 0.15) is 33.4 Å². The van der Waals surface area contributed by atoms with Crippen LogP contribution < -0.4 is 5.32 Å². The van der Waals surface area contributed by atoms with Gasteiger partial charge >= 0.3 is 5.97 Å². The lowest BCUT2D eigenvalue weighted by molar-refractivity contribution is -0.157. The minimum Gasteiger partial charge on any atom is -0.456 e. The standard InChI is InChI=1S/C40H40N4O4S3/c1-39-27-50-36(43-39)32-26-49-35(42-32)25-41-34(45)24-31(48-37(46)33-21-13-22-44(33)38(39)47)20-11-12-23-51-40(28-14-5-2-6-15-28,29-16-7-3-8-17-29)30-18-9-4-10-19-30/h2-11,14-20,26,31,33H,12-13,21-25,27H2,1H3,(H,41,45)/b20-11+/t31-,33+,39+/m1/s1. The van der Waals surface area contributed by atoms with E-state index in [1.807, 2.05) is 54.4 Å². The maximum atomic E-state index is 13.9. The van der Waals surface area contributed by atoms with Crippen LogP contribution in [-0.2, 0) is 30.4 Å². The number of allylic oxidation sites excluding steroid dienone is 1. The second-order valence-corrected chi connectivity index (χ2v) is 16.3. The Labute approximate surface area is 311 Å². The van der Waals surface area contributed by atoms with Gasteiger partial charge in [-0.2, -0.15) is 0 Å². The molecule has 8 nitrogen and oxygen atoms in total. The maximum absolute atomic E-state index is 13.9. The Hall–Kier alpha value is -4.19. The molecule has 0 radical (unpaired) electrons. The number of ether oxygens (including phenoxy) is 1. The number of amides is 2. The van der Waals surface area contributed by atoms with Crippen LogP contribution in [0.3, 0.4) is 0 Å². The fourth-order valence-corrected chi connectivity index (χ4v) is 10.3. The van der Waals surface area contributed by atoms with Crippen molar-refractivity contribution >= 4 is 57.7 Å². The van der Waals surface area contributed by atoms with E-state index >= 15 is 0 Å². The van der Waals surface area contributed by atoms with Crippen LogP contribution in [0.5, 0.6) is 0 Å². The number of fused-ring (bicyclic) bond motifs is 5. The number of nitrogens with zero attached hydrogens (tertiary/aromatic N) is 3. The number of hydrogen-bond acceptors (Lipinski definition) is 9. The van der Waals surface area contributed by atoms with Crippen LogP contribution in [0.15, 0.2) is 114 Å². The third-order valence-corrected chi connectivity index (χ3v) is 13.2. The third-order valence-electron chi connectivity index (χ3n) is 9.44. The van der Waals surface area contributed by atoms with Gasteiger partial charge in [-0.25, -0.2) is 9.78 Å². The summed E-state index contributed by atoms with van der Waals surface area (Å²) < 4.78 is 5.59. The van der Waals surface area contributed by atoms with Crippen molar-refractivity contribution in [2.45, 2.75) is 61.6 Å². The van der Waals surface area contributed by atoms with Crippen molar-refractivity contribution in [3.05, 3.63) is 136 Å². The van der Waals surface area contributed by atoms with E-state index in [0.717, 1.165) is 10.8 Å². The SMILES string of the molecule is C[C@@]12CSC(=N1)c1csc(n1)CNC(=O)C[C@@H](/C=C/CCSC(c1ccccc1)(c1ccccc1)c1ccccc1)OC(=O)[C@@H]1CCCN1C2=O. The number of thioether (sulfide) groups is 2. The zero-order valence-electron chi connectivity index (χ0n) is 28.4. The number of nitrogens with one attached hydrogen (secondary N) is 1. The number of carbonyl (C=O) groups is 3. The highest BCUT2D eigenvalue weighted by atomic mass is 32.2. The topological polar surface area (TPSA) is 101 Å². The summed E-state index contributed by atoms with van der Waals surface area (Å²) in [7, 11) is 0. The molecule has 4 bridgehead atoms. The molecule has 3 atom stereocenters. The number of aromatic nitrogens is 1. The molecule has 1 aromatic heterocycles. The Morgan fingerprint density at radius 1 is 0.980 bits per heavy atom. The summed E-state index contributed by atoms with van der Waals surface area (Å²) >= 11 is 4.79. The molecule has 0 aliphatic carbocycles. The van der Waals surface area contributed by atoms with Crippen molar-refractivity contribution in [3.8, 4) is 0 Å². The molecular weight excluding hydrogens is 697 g/mol. The number of hydrogen-bond donors (Lipinski definition) is 1. The highest BCUT2D eigenvalue weighted by molar-refractivity contribution is 8.14. The van der Waals surface area contributed by atoms with Gasteiger partial charge in [0.2, 0.25) is 5.91 Å². The highest BCUT2D eigenvalue weighted by Gasteiger charge is 2.47. The molecule has 0 spiro atoms. The van der Waals surface area contributed by atoms with Crippen LogP contribution in [-0.4, -0.2) is 68.4 Å². The average Bonchev–Trinajstić information content (AvgIpc) is 3.94. The molecule has 3 aliphatic heterocycles. The first-order valence-corrected chi connectivity index (χ1v) is 20.1. The van der Waals surface area contributed by atoms with E-state index in [0.29, 0.717) is 42.3 Å². The molecule has 1 saturated heterocycles. The zero-order valence-corrected chi connectivity index (χ0v) is 30.9. The first-order chi connectivity index (χ1) is 24.9. The first kappa shape index (κ1) is 35.2. The molecule has 1 N–H and O–H groups in total. The molecule has 4 aromatic rings. The van der Waals surface area contributed by atoms with E-state index in [9.17, 15) is 14.4 Å². The fourth-order valence-electron chi connectivity index (χ4n) is 6.90. The van der Waals surface area contributed by atoms with Gasteiger partial charge in [0.25, 0.3) is 5.91 Å². The van der Waals surface area contributed by atoms with Gasteiger partial charge in [0.05, 0.1) is 17.7 Å². The Morgan fingerprint density at radius 2 is 1.63 bits per heavy atom. The van der Waals surface area contributed by atoms with Crippen molar-refractivity contribution in [1.29, 1.82) is 0 Å². The van der Waals surface area contributed by atoms with Gasteiger partial charge in [-0.05, 0) is 54.7 Å². The summed E-state index contributed by atoms with van der Waals surface area (Å²) in [4.78, 5) is 51.9. The minimum absolute atomic E-state index is 0.0312. The molecule has 3 aliphatic rings. The Morgan fingerprint density at radius 3 is 2.27 bits per heavy atom. The second-order valence-electron chi connectivity index (χ2n) is 13.1. The fraction of sp³-hybridized carbons (Fsp3) is 0.325. The van der Waals surface area contributed by atoms with Crippen LogP contribution >= 0.6 is 34.9 Å². The first-order valence-electron chi connectivity index (χ1n) is 17.3. The third kappa shape index (κ3) is 7.56. The zero-order chi connectivity index (χ0) is 35.3. The monoisotopic (exact) mass is 736 g/mol. The van der Waals surface area contributed by atoms with E-state index in [1.165, 1.54) is 39.8 Å². The Balaban J connectivity index is 1.11. The number of aliphatic imine (C=N–C) groups is 1. The number of thiazole rings is 1. The van der Waals surface area contributed by atoms with Crippen LogP contribution in [0.1, 0.15) is 60.0 Å². The Bertz CT molecular complexity index is 1820. The van der Waals surface area contributed by atoms with Crippen LogP contribution in [0, 0.1) is 0 Å². The maximum Gasteiger partial charge on any atom is 0.329 e. The number of esters is 1. The van der Waals surface area contributed by atoms with Crippen LogP contribution in [0.4, 0.5) is 0 Å². The van der Waals surface area contributed by atoms with Crippen molar-refractivity contribution in [1.82, 2.24) is 15.2 Å². The van der Waals surface area contributed by atoms with Crippen molar-refractivity contribution < 1.29 is 19.1 Å². The van der Waals surface area contributed by atoms with Crippen molar-refractivity contribution in [2.24, 2.45) is 4.99 Å². The lowest BCUT2D eigenvalue weighted by atomic mass is 9.84. The van der Waals surface area contributed by atoms with Gasteiger partial charge in [0, 0.05) is 17.7 Å². The lowest BCUT2D eigenvalue weighted by Crippen LogP contribution is -2.51. The molecule has 1 fully saturated rings. The van der Waals surface area contributed by atoms with Gasteiger partial charge < -0.3 is 15.0 Å². The number of rotatable bonds is 8. The van der Waals surface area contributed by atoms with E-state index in [1.54, 1.807) is 4.90 Å². The average molecular weight is 737 g/mol. The van der Waals surface area contributed by atoms with E-state index in [4.69, 9.17) is 9.73 Å². The molecule has 262 valence electrons. The smallest absolute Gasteiger partial charge is 0.329 e. The number of cyclic esters (lactones) is 1. The van der Waals surface area contributed by atoms with Crippen molar-refractivity contribution in [3.63, 3.8) is 0 Å². The molecule has 2 amide bonds. The molecule has 4 heterocycles. The Kier molecular flexibility index (Phi) is 10.8. The van der Waals surface area contributed by atoms with Crippen LogP contribution in [0.2, 0.25) is 0 Å². The minimum atomic E-state index is -0.983. The molecule has 0 saturated carbocycles.